The molecule has 0 heterocycles. The van der Waals surface area contributed by atoms with Gasteiger partial charge in [0.05, 0.1) is 0 Å². The van der Waals surface area contributed by atoms with Crippen LogP contribution in [0.1, 0.15) is 39.4 Å². The second kappa shape index (κ2) is 4.41. The van der Waals surface area contributed by atoms with Crippen LogP contribution in [0.2, 0.25) is 0 Å². The molecule has 0 aromatic heterocycles. The van der Waals surface area contributed by atoms with E-state index in [2.05, 4.69) is 37.3 Å². The number of aryl methyl sites for hydroxylation is 2. The van der Waals surface area contributed by atoms with E-state index < -0.39 is 0 Å². The summed E-state index contributed by atoms with van der Waals surface area (Å²) in [5.41, 5.74) is 4.50. The van der Waals surface area contributed by atoms with Gasteiger partial charge < -0.3 is 0 Å². The van der Waals surface area contributed by atoms with Crippen LogP contribution in [0.4, 0.5) is 0 Å². The van der Waals surface area contributed by atoms with Crippen LogP contribution in [0.15, 0.2) is 48.5 Å². The molecule has 2 aromatic rings. The predicted molar refractivity (Wildman–Crippen MR) is 73.0 cm³/mol. The third kappa shape index (κ3) is 1.86. The maximum absolute atomic E-state index is 12.5. The Hall–Kier alpha value is -1.89. The molecule has 0 bridgehead atoms. The molecule has 1 nitrogen and oxygen atoms in total. The lowest BCUT2D eigenvalue weighted by Gasteiger charge is -2.23. The Labute approximate surface area is 107 Å². The van der Waals surface area contributed by atoms with E-state index >= 15 is 0 Å². The molecule has 1 unspecified atom stereocenters. The quantitative estimate of drug-likeness (QED) is 0.733. The molecule has 0 aliphatic heterocycles. The fourth-order valence-corrected chi connectivity index (χ4v) is 2.71. The standard InChI is InChI=1S/C17H16O/c1-12-6-8-14(9-7-12)16-11-10-13-4-2-3-5-15(13)17(16)18/h2-9,16H,10-11H2,1H3. The molecule has 0 fully saturated rings. The molecular weight excluding hydrogens is 220 g/mol. The summed E-state index contributed by atoms with van der Waals surface area (Å²) in [7, 11) is 0. The number of ketones is 1. The second-order valence-corrected chi connectivity index (χ2v) is 5.02. The van der Waals surface area contributed by atoms with Gasteiger partial charge >= 0.3 is 0 Å². The Morgan fingerprint density at radius 1 is 1.00 bits per heavy atom. The van der Waals surface area contributed by atoms with E-state index in [1.807, 2.05) is 18.2 Å². The number of hydrogen-bond acceptors (Lipinski definition) is 1. The summed E-state index contributed by atoms with van der Waals surface area (Å²) in [6, 6.07) is 16.3. The molecule has 3 rings (SSSR count). The molecule has 0 amide bonds. The van der Waals surface area contributed by atoms with Crippen molar-refractivity contribution in [2.45, 2.75) is 25.7 Å². The fraction of sp³-hybridized carbons (Fsp3) is 0.235. The molecule has 1 aliphatic carbocycles. The van der Waals surface area contributed by atoms with Gasteiger partial charge in [0.25, 0.3) is 0 Å². The molecule has 0 radical (unpaired) electrons. The minimum Gasteiger partial charge on any atom is -0.293 e. The van der Waals surface area contributed by atoms with Crippen LogP contribution in [0, 0.1) is 6.92 Å². The molecule has 1 aliphatic rings. The molecule has 1 atom stereocenters. The molecule has 0 spiro atoms. The Kier molecular flexibility index (Phi) is 2.75. The van der Waals surface area contributed by atoms with Crippen LogP contribution in [0.3, 0.4) is 0 Å². The molecule has 90 valence electrons. The third-order valence-corrected chi connectivity index (χ3v) is 3.78. The van der Waals surface area contributed by atoms with Crippen LogP contribution in [0.25, 0.3) is 0 Å². The molecular formula is C17H16O. The van der Waals surface area contributed by atoms with Gasteiger partial charge in [-0.25, -0.2) is 0 Å². The first-order valence-corrected chi connectivity index (χ1v) is 6.44. The van der Waals surface area contributed by atoms with Crippen molar-refractivity contribution < 1.29 is 4.79 Å². The van der Waals surface area contributed by atoms with E-state index in [9.17, 15) is 4.79 Å². The highest BCUT2D eigenvalue weighted by Crippen LogP contribution is 2.32. The fourth-order valence-electron chi connectivity index (χ4n) is 2.71. The smallest absolute Gasteiger partial charge is 0.170 e. The highest BCUT2D eigenvalue weighted by Gasteiger charge is 2.27. The topological polar surface area (TPSA) is 17.1 Å². The number of rotatable bonds is 1. The number of Topliss-reactive ketones (excluding diaryl/α,β-unsaturated/α-hetero) is 1. The third-order valence-electron chi connectivity index (χ3n) is 3.78. The second-order valence-electron chi connectivity index (χ2n) is 5.02. The average molecular weight is 236 g/mol. The van der Waals surface area contributed by atoms with Crippen LogP contribution in [-0.2, 0) is 6.42 Å². The molecule has 0 saturated heterocycles. The molecule has 18 heavy (non-hydrogen) atoms. The van der Waals surface area contributed by atoms with Crippen LogP contribution >= 0.6 is 0 Å². The zero-order valence-corrected chi connectivity index (χ0v) is 10.5. The number of benzene rings is 2. The summed E-state index contributed by atoms with van der Waals surface area (Å²) in [4.78, 5) is 12.5. The van der Waals surface area contributed by atoms with Crippen molar-refractivity contribution in [3.63, 3.8) is 0 Å². The summed E-state index contributed by atoms with van der Waals surface area (Å²) < 4.78 is 0. The highest BCUT2D eigenvalue weighted by molar-refractivity contribution is 6.03. The van der Waals surface area contributed by atoms with E-state index in [0.717, 1.165) is 24.0 Å². The van der Waals surface area contributed by atoms with Gasteiger partial charge in [-0.3, -0.25) is 4.79 Å². The van der Waals surface area contributed by atoms with Crippen molar-refractivity contribution in [2.75, 3.05) is 0 Å². The normalized spacial score (nSPS) is 18.5. The minimum atomic E-state index is 0.0421. The van der Waals surface area contributed by atoms with Crippen molar-refractivity contribution in [3.8, 4) is 0 Å². The van der Waals surface area contributed by atoms with Gasteiger partial charge in [-0.15, -0.1) is 0 Å². The largest absolute Gasteiger partial charge is 0.293 e. The number of fused-ring (bicyclic) bond motifs is 1. The maximum atomic E-state index is 12.5. The summed E-state index contributed by atoms with van der Waals surface area (Å²) in [5, 5.41) is 0. The van der Waals surface area contributed by atoms with E-state index in [0.29, 0.717) is 0 Å². The monoisotopic (exact) mass is 236 g/mol. The SMILES string of the molecule is Cc1ccc(C2CCc3ccccc3C2=O)cc1. The summed E-state index contributed by atoms with van der Waals surface area (Å²) in [6.07, 6.45) is 1.93. The number of carbonyl (C=O) groups is 1. The molecule has 0 saturated carbocycles. The minimum absolute atomic E-state index is 0.0421. The van der Waals surface area contributed by atoms with Gasteiger partial charge in [0, 0.05) is 11.5 Å². The lowest BCUT2D eigenvalue weighted by Crippen LogP contribution is -2.20. The Balaban J connectivity index is 1.97. The van der Waals surface area contributed by atoms with Crippen LogP contribution in [0.5, 0.6) is 0 Å². The van der Waals surface area contributed by atoms with E-state index in [4.69, 9.17) is 0 Å². The first kappa shape index (κ1) is 11.2. The van der Waals surface area contributed by atoms with Crippen molar-refractivity contribution in [2.24, 2.45) is 0 Å². The van der Waals surface area contributed by atoms with Gasteiger partial charge in [0.2, 0.25) is 0 Å². The summed E-state index contributed by atoms with van der Waals surface area (Å²) >= 11 is 0. The average Bonchev–Trinajstić information content (AvgIpc) is 2.41. The van der Waals surface area contributed by atoms with Gasteiger partial charge in [-0.2, -0.15) is 0 Å². The maximum Gasteiger partial charge on any atom is 0.170 e. The summed E-state index contributed by atoms with van der Waals surface area (Å²) in [6.45, 7) is 2.07. The van der Waals surface area contributed by atoms with Crippen LogP contribution < -0.4 is 0 Å². The van der Waals surface area contributed by atoms with Crippen molar-refractivity contribution in [3.05, 3.63) is 70.8 Å². The van der Waals surface area contributed by atoms with Gasteiger partial charge in [0.1, 0.15) is 0 Å². The van der Waals surface area contributed by atoms with Crippen LogP contribution in [-0.4, -0.2) is 5.78 Å². The molecule has 1 heteroatoms. The van der Waals surface area contributed by atoms with Gasteiger partial charge in [-0.05, 0) is 30.9 Å². The first-order chi connectivity index (χ1) is 8.75. The van der Waals surface area contributed by atoms with Crippen molar-refractivity contribution >= 4 is 5.78 Å². The van der Waals surface area contributed by atoms with Crippen molar-refractivity contribution in [1.29, 1.82) is 0 Å². The number of hydrogen-bond donors (Lipinski definition) is 0. The molecule has 2 aromatic carbocycles. The zero-order chi connectivity index (χ0) is 12.5. The van der Waals surface area contributed by atoms with E-state index in [1.54, 1.807) is 0 Å². The Morgan fingerprint density at radius 2 is 1.72 bits per heavy atom. The predicted octanol–water partition coefficient (Wildman–Crippen LogP) is 3.91. The van der Waals surface area contributed by atoms with Crippen molar-refractivity contribution in [1.82, 2.24) is 0 Å². The lowest BCUT2D eigenvalue weighted by molar-refractivity contribution is 0.0946. The number of carbonyl (C=O) groups excluding carboxylic acids is 1. The Morgan fingerprint density at radius 3 is 2.50 bits per heavy atom. The first-order valence-electron chi connectivity index (χ1n) is 6.44. The molecule has 0 N–H and O–H groups in total. The zero-order valence-electron chi connectivity index (χ0n) is 10.5. The summed E-state index contributed by atoms with van der Waals surface area (Å²) in [5.74, 6) is 0.321. The highest BCUT2D eigenvalue weighted by atomic mass is 16.1. The lowest BCUT2D eigenvalue weighted by atomic mass is 9.79. The van der Waals surface area contributed by atoms with E-state index in [1.165, 1.54) is 11.1 Å². The van der Waals surface area contributed by atoms with Gasteiger partial charge in [-0.1, -0.05) is 54.1 Å². The van der Waals surface area contributed by atoms with E-state index in [-0.39, 0.29) is 11.7 Å². The Bertz CT molecular complexity index is 581. The van der Waals surface area contributed by atoms with Gasteiger partial charge in [0.15, 0.2) is 5.78 Å².